The van der Waals surface area contributed by atoms with Crippen molar-refractivity contribution in [1.82, 2.24) is 9.80 Å². The van der Waals surface area contributed by atoms with E-state index in [0.717, 1.165) is 44.0 Å². The van der Waals surface area contributed by atoms with E-state index in [-0.39, 0.29) is 5.91 Å². The number of morpholine rings is 1. The highest BCUT2D eigenvalue weighted by Crippen LogP contribution is 2.20. The predicted octanol–water partition coefficient (Wildman–Crippen LogP) is 2.71. The van der Waals surface area contributed by atoms with E-state index < -0.39 is 0 Å². The minimum atomic E-state index is 0.158. The summed E-state index contributed by atoms with van der Waals surface area (Å²) in [6.07, 6.45) is 3.18. The number of methoxy groups -OCH3 is 1. The molecule has 1 aromatic carbocycles. The number of ether oxygens (including phenoxy) is 2. The Labute approximate surface area is 151 Å². The summed E-state index contributed by atoms with van der Waals surface area (Å²) in [5, 5.41) is 0. The van der Waals surface area contributed by atoms with Crippen molar-refractivity contribution < 1.29 is 14.3 Å². The minimum Gasteiger partial charge on any atom is -0.496 e. The molecule has 2 rings (SSSR count). The van der Waals surface area contributed by atoms with Gasteiger partial charge in [0, 0.05) is 44.2 Å². The number of hydrogen-bond acceptors (Lipinski definition) is 4. The van der Waals surface area contributed by atoms with Gasteiger partial charge < -0.3 is 14.4 Å². The molecule has 1 aliphatic heterocycles. The Kier molecular flexibility index (Phi) is 7.95. The van der Waals surface area contributed by atoms with Gasteiger partial charge in [0.1, 0.15) is 5.75 Å². The summed E-state index contributed by atoms with van der Waals surface area (Å²) in [4.78, 5) is 17.0. The van der Waals surface area contributed by atoms with Crippen LogP contribution in [0.4, 0.5) is 0 Å². The molecule has 1 aliphatic rings. The molecule has 0 radical (unpaired) electrons. The molecule has 1 heterocycles. The lowest BCUT2D eigenvalue weighted by atomic mass is 10.1. The second-order valence-electron chi connectivity index (χ2n) is 6.41. The number of nitrogens with zero attached hydrogens (tertiary/aromatic N) is 2. The zero-order valence-electron chi connectivity index (χ0n) is 15.4. The Morgan fingerprint density at radius 2 is 2.12 bits per heavy atom. The van der Waals surface area contributed by atoms with E-state index in [1.165, 1.54) is 0 Å². The predicted molar refractivity (Wildman–Crippen MR) is 99.7 cm³/mol. The summed E-state index contributed by atoms with van der Waals surface area (Å²) in [5.41, 5.74) is 1.02. The van der Waals surface area contributed by atoms with Crippen molar-refractivity contribution in [2.24, 2.45) is 0 Å². The fraction of sp³-hybridized carbons (Fsp3) is 0.550. The Bertz CT molecular complexity index is 556. The van der Waals surface area contributed by atoms with Crippen molar-refractivity contribution in [3.8, 4) is 5.75 Å². The number of carbonyl (C=O) groups excluding carboxylic acids is 1. The molecule has 1 amide bonds. The molecule has 0 spiro atoms. The van der Waals surface area contributed by atoms with Gasteiger partial charge in [0.05, 0.1) is 20.3 Å². The molecular formula is C20H30N2O3. The van der Waals surface area contributed by atoms with Crippen LogP contribution in [0.1, 0.15) is 25.3 Å². The SMILES string of the molecule is C=CCN(Cc1ccccc1OC)C(=O)CC[C@@H](C)N1CCOCC1. The van der Waals surface area contributed by atoms with Gasteiger partial charge in [-0.05, 0) is 19.4 Å². The van der Waals surface area contributed by atoms with Crippen molar-refractivity contribution in [1.29, 1.82) is 0 Å². The van der Waals surface area contributed by atoms with Gasteiger partial charge in [-0.2, -0.15) is 0 Å². The van der Waals surface area contributed by atoms with Crippen LogP contribution in [0.5, 0.6) is 5.75 Å². The minimum absolute atomic E-state index is 0.158. The van der Waals surface area contributed by atoms with Gasteiger partial charge >= 0.3 is 0 Å². The van der Waals surface area contributed by atoms with Crippen LogP contribution in [0.15, 0.2) is 36.9 Å². The van der Waals surface area contributed by atoms with Crippen LogP contribution < -0.4 is 4.74 Å². The molecule has 5 heteroatoms. The summed E-state index contributed by atoms with van der Waals surface area (Å²) >= 11 is 0. The summed E-state index contributed by atoms with van der Waals surface area (Å²) < 4.78 is 10.8. The molecule has 0 aromatic heterocycles. The third kappa shape index (κ3) is 5.87. The topological polar surface area (TPSA) is 42.0 Å². The van der Waals surface area contributed by atoms with Gasteiger partial charge in [-0.1, -0.05) is 24.3 Å². The van der Waals surface area contributed by atoms with E-state index >= 15 is 0 Å². The summed E-state index contributed by atoms with van der Waals surface area (Å²) in [6.45, 7) is 10.5. The zero-order chi connectivity index (χ0) is 18.1. The molecule has 0 unspecified atom stereocenters. The molecule has 0 saturated carbocycles. The highest BCUT2D eigenvalue weighted by atomic mass is 16.5. The Hall–Kier alpha value is -1.85. The van der Waals surface area contributed by atoms with E-state index in [1.807, 2.05) is 29.2 Å². The lowest BCUT2D eigenvalue weighted by molar-refractivity contribution is -0.131. The maximum Gasteiger partial charge on any atom is 0.223 e. The van der Waals surface area contributed by atoms with Crippen LogP contribution in [-0.4, -0.2) is 61.7 Å². The van der Waals surface area contributed by atoms with E-state index in [0.29, 0.717) is 25.6 Å². The maximum absolute atomic E-state index is 12.7. The first-order valence-corrected chi connectivity index (χ1v) is 8.98. The Balaban J connectivity index is 1.91. The molecular weight excluding hydrogens is 316 g/mol. The van der Waals surface area contributed by atoms with Crippen LogP contribution in [0.3, 0.4) is 0 Å². The van der Waals surface area contributed by atoms with Crippen LogP contribution in [0.2, 0.25) is 0 Å². The van der Waals surface area contributed by atoms with Gasteiger partial charge in [-0.25, -0.2) is 0 Å². The third-order valence-electron chi connectivity index (χ3n) is 4.70. The Morgan fingerprint density at radius 1 is 1.40 bits per heavy atom. The number of carbonyl (C=O) groups is 1. The summed E-state index contributed by atoms with van der Waals surface area (Å²) in [6, 6.07) is 8.22. The molecule has 0 bridgehead atoms. The summed E-state index contributed by atoms with van der Waals surface area (Å²) in [7, 11) is 1.66. The monoisotopic (exact) mass is 346 g/mol. The standard InChI is InChI=1S/C20H30N2O3/c1-4-11-22(16-18-7-5-6-8-19(18)24-3)20(23)10-9-17(2)21-12-14-25-15-13-21/h4-8,17H,1,9-16H2,2-3H3/t17-/m1/s1. The molecule has 1 saturated heterocycles. The zero-order valence-corrected chi connectivity index (χ0v) is 15.4. The fourth-order valence-electron chi connectivity index (χ4n) is 3.14. The van der Waals surface area contributed by atoms with Gasteiger partial charge in [0.15, 0.2) is 0 Å². The second-order valence-corrected chi connectivity index (χ2v) is 6.41. The van der Waals surface area contributed by atoms with Crippen LogP contribution in [-0.2, 0) is 16.1 Å². The molecule has 5 nitrogen and oxygen atoms in total. The number of benzene rings is 1. The number of para-hydroxylation sites is 1. The van der Waals surface area contributed by atoms with Gasteiger partial charge in [-0.3, -0.25) is 9.69 Å². The van der Waals surface area contributed by atoms with E-state index in [4.69, 9.17) is 9.47 Å². The van der Waals surface area contributed by atoms with E-state index in [2.05, 4.69) is 18.4 Å². The van der Waals surface area contributed by atoms with Crippen LogP contribution in [0.25, 0.3) is 0 Å². The van der Waals surface area contributed by atoms with Crippen molar-refractivity contribution in [2.45, 2.75) is 32.4 Å². The number of amides is 1. The number of rotatable bonds is 9. The third-order valence-corrected chi connectivity index (χ3v) is 4.70. The fourth-order valence-corrected chi connectivity index (χ4v) is 3.14. The normalized spacial score (nSPS) is 16.2. The first-order valence-electron chi connectivity index (χ1n) is 8.98. The van der Waals surface area contributed by atoms with Crippen LogP contribution >= 0.6 is 0 Å². The van der Waals surface area contributed by atoms with Gasteiger partial charge in [0.25, 0.3) is 0 Å². The molecule has 1 aromatic rings. The van der Waals surface area contributed by atoms with Gasteiger partial charge in [0.2, 0.25) is 5.91 Å². The van der Waals surface area contributed by atoms with Crippen molar-refractivity contribution >= 4 is 5.91 Å². The molecule has 25 heavy (non-hydrogen) atoms. The molecule has 1 fully saturated rings. The molecule has 138 valence electrons. The maximum atomic E-state index is 12.7. The Morgan fingerprint density at radius 3 is 2.80 bits per heavy atom. The highest BCUT2D eigenvalue weighted by Gasteiger charge is 2.20. The van der Waals surface area contributed by atoms with E-state index in [9.17, 15) is 4.79 Å². The smallest absolute Gasteiger partial charge is 0.223 e. The molecule has 0 N–H and O–H groups in total. The quantitative estimate of drug-likeness (QED) is 0.645. The van der Waals surface area contributed by atoms with E-state index in [1.54, 1.807) is 13.2 Å². The molecule has 1 atom stereocenters. The van der Waals surface area contributed by atoms with Crippen molar-refractivity contribution in [3.63, 3.8) is 0 Å². The van der Waals surface area contributed by atoms with Gasteiger partial charge in [-0.15, -0.1) is 6.58 Å². The lowest BCUT2D eigenvalue weighted by Gasteiger charge is -2.32. The second kappa shape index (κ2) is 10.2. The average Bonchev–Trinajstić information content (AvgIpc) is 2.66. The highest BCUT2D eigenvalue weighted by molar-refractivity contribution is 5.76. The van der Waals surface area contributed by atoms with Crippen LogP contribution in [0, 0.1) is 0 Å². The largest absolute Gasteiger partial charge is 0.496 e. The first-order chi connectivity index (χ1) is 12.2. The van der Waals surface area contributed by atoms with Crippen molar-refractivity contribution in [2.75, 3.05) is 40.0 Å². The summed E-state index contributed by atoms with van der Waals surface area (Å²) in [5.74, 6) is 0.969. The average molecular weight is 346 g/mol. The molecule has 0 aliphatic carbocycles. The number of hydrogen-bond donors (Lipinski definition) is 0. The lowest BCUT2D eigenvalue weighted by Crippen LogP contribution is -2.42. The van der Waals surface area contributed by atoms with Crippen molar-refractivity contribution in [3.05, 3.63) is 42.5 Å². The first kappa shape index (κ1) is 19.5.